The smallest absolute Gasteiger partial charge is 0.306 e. The number of hydrogen-bond acceptors (Lipinski definition) is 8. The largest absolute Gasteiger partial charge is 0.494 e. The molecule has 1 heterocycles. The first-order valence-electron chi connectivity index (χ1n) is 16.2. The van der Waals surface area contributed by atoms with Crippen LogP contribution in [-0.2, 0) is 25.7 Å². The molecule has 3 aromatic rings. The summed E-state index contributed by atoms with van der Waals surface area (Å²) in [6.07, 6.45) is 8.96. The maximum absolute atomic E-state index is 13.4. The molecule has 0 radical (unpaired) electrons. The fourth-order valence-electron chi connectivity index (χ4n) is 5.11. The summed E-state index contributed by atoms with van der Waals surface area (Å²) >= 11 is 0. The van der Waals surface area contributed by atoms with Crippen molar-refractivity contribution < 1.29 is 33.9 Å². The van der Waals surface area contributed by atoms with Crippen LogP contribution in [0, 0.1) is 0 Å². The maximum atomic E-state index is 13.4. The van der Waals surface area contributed by atoms with Crippen LogP contribution in [0.2, 0.25) is 0 Å². The van der Waals surface area contributed by atoms with Crippen molar-refractivity contribution in [3.63, 3.8) is 0 Å². The molecule has 3 N–H and O–H groups in total. The van der Waals surface area contributed by atoms with Gasteiger partial charge in [-0.25, -0.2) is 10.9 Å². The van der Waals surface area contributed by atoms with Crippen LogP contribution in [0.3, 0.4) is 0 Å². The number of amides is 3. The van der Waals surface area contributed by atoms with E-state index in [1.807, 2.05) is 66.7 Å². The molecule has 1 aliphatic rings. The lowest BCUT2D eigenvalue weighted by Crippen LogP contribution is -2.35. The van der Waals surface area contributed by atoms with Gasteiger partial charge in [-0.3, -0.25) is 24.4 Å². The number of nitrogens with zero attached hydrogens (tertiary/aromatic N) is 2. The Hall–Kier alpha value is -5.29. The molecule has 3 amide bonds. The van der Waals surface area contributed by atoms with Gasteiger partial charge in [0.05, 0.1) is 19.4 Å². The zero-order chi connectivity index (χ0) is 34.0. The normalized spacial score (nSPS) is 16.4. The SMILES string of the molecule is O=C(CCCCCOc1cccc(C(=O)N/N=C/c2cccc(CN3C[C@H](c4ccccc4)OC(=O)CC/C=C/CCC3=O)c2)c1)NO. The number of carbonyl (C=O) groups excluding carboxylic acids is 4. The summed E-state index contributed by atoms with van der Waals surface area (Å²) in [6.45, 7) is 0.958. The Morgan fingerprint density at radius 3 is 2.54 bits per heavy atom. The van der Waals surface area contributed by atoms with Gasteiger partial charge in [0.15, 0.2) is 0 Å². The summed E-state index contributed by atoms with van der Waals surface area (Å²) in [4.78, 5) is 51.5. The third-order valence-electron chi connectivity index (χ3n) is 7.63. The Morgan fingerprint density at radius 1 is 0.938 bits per heavy atom. The fraction of sp³-hybridized carbons (Fsp3) is 0.324. The van der Waals surface area contributed by atoms with Crippen LogP contribution in [0.25, 0.3) is 0 Å². The molecule has 0 bridgehead atoms. The second-order valence-corrected chi connectivity index (χ2v) is 11.4. The van der Waals surface area contributed by atoms with Gasteiger partial charge in [0.25, 0.3) is 5.91 Å². The summed E-state index contributed by atoms with van der Waals surface area (Å²) < 4.78 is 11.6. The number of nitrogens with one attached hydrogen (secondary N) is 2. The lowest BCUT2D eigenvalue weighted by Gasteiger charge is -2.28. The van der Waals surface area contributed by atoms with Crippen molar-refractivity contribution in [1.82, 2.24) is 15.8 Å². The number of allylic oxidation sites excluding steroid dienone is 2. The molecule has 1 atom stereocenters. The average Bonchev–Trinajstić information content (AvgIpc) is 3.10. The predicted octanol–water partition coefficient (Wildman–Crippen LogP) is 5.64. The van der Waals surface area contributed by atoms with Crippen LogP contribution in [0.5, 0.6) is 5.75 Å². The molecule has 0 saturated carbocycles. The number of hydroxylamine groups is 1. The first kappa shape index (κ1) is 35.6. The zero-order valence-electron chi connectivity index (χ0n) is 26.9. The van der Waals surface area contributed by atoms with Gasteiger partial charge in [-0.2, -0.15) is 5.10 Å². The quantitative estimate of drug-likeness (QED) is 0.0540. The molecule has 0 aliphatic carbocycles. The number of carbonyl (C=O) groups is 4. The second kappa shape index (κ2) is 19.4. The fourth-order valence-corrected chi connectivity index (χ4v) is 5.11. The van der Waals surface area contributed by atoms with Crippen LogP contribution in [0.15, 0.2) is 96.1 Å². The minimum atomic E-state index is -0.595. The van der Waals surface area contributed by atoms with Gasteiger partial charge in [-0.1, -0.05) is 66.7 Å². The van der Waals surface area contributed by atoms with Crippen molar-refractivity contribution in [1.29, 1.82) is 0 Å². The van der Waals surface area contributed by atoms with E-state index in [1.165, 1.54) is 6.21 Å². The monoisotopic (exact) mass is 654 g/mol. The van der Waals surface area contributed by atoms with Gasteiger partial charge in [0.1, 0.15) is 11.9 Å². The summed E-state index contributed by atoms with van der Waals surface area (Å²) in [7, 11) is 0. The second-order valence-electron chi connectivity index (χ2n) is 11.4. The van der Waals surface area contributed by atoms with E-state index in [2.05, 4.69) is 10.5 Å². The summed E-state index contributed by atoms with van der Waals surface area (Å²) in [5.41, 5.74) is 6.97. The molecular formula is C37H42N4O7. The summed E-state index contributed by atoms with van der Waals surface area (Å²) in [5.74, 6) is -0.611. The van der Waals surface area contributed by atoms with Crippen LogP contribution in [0.4, 0.5) is 0 Å². The highest BCUT2D eigenvalue weighted by molar-refractivity contribution is 5.95. The molecule has 48 heavy (non-hydrogen) atoms. The van der Waals surface area contributed by atoms with Gasteiger partial charge in [-0.15, -0.1) is 0 Å². The van der Waals surface area contributed by atoms with Crippen LogP contribution in [0.1, 0.15) is 84.5 Å². The number of cyclic esters (lactones) is 1. The lowest BCUT2D eigenvalue weighted by molar-refractivity contribution is -0.152. The molecule has 0 unspecified atom stereocenters. The molecule has 11 heteroatoms. The molecule has 11 nitrogen and oxygen atoms in total. The lowest BCUT2D eigenvalue weighted by atomic mass is 10.1. The Labute approximate surface area is 280 Å². The van der Waals surface area contributed by atoms with Gasteiger partial charge >= 0.3 is 5.97 Å². The number of rotatable bonds is 13. The van der Waals surface area contributed by atoms with Crippen molar-refractivity contribution >= 4 is 29.9 Å². The number of hydrogen-bond donors (Lipinski definition) is 3. The molecule has 0 saturated heterocycles. The van der Waals surface area contributed by atoms with E-state index in [4.69, 9.17) is 14.7 Å². The first-order valence-corrected chi connectivity index (χ1v) is 16.2. The topological polar surface area (TPSA) is 147 Å². The number of benzene rings is 3. The van der Waals surface area contributed by atoms with Crippen LogP contribution < -0.4 is 15.6 Å². The molecule has 252 valence electrons. The molecule has 0 aromatic heterocycles. The van der Waals surface area contributed by atoms with Crippen molar-refractivity contribution in [3.05, 3.63) is 113 Å². The van der Waals surface area contributed by atoms with E-state index >= 15 is 0 Å². The minimum Gasteiger partial charge on any atom is -0.494 e. The Morgan fingerprint density at radius 2 is 1.73 bits per heavy atom. The third-order valence-corrected chi connectivity index (χ3v) is 7.63. The van der Waals surface area contributed by atoms with E-state index in [9.17, 15) is 19.2 Å². The van der Waals surface area contributed by atoms with E-state index < -0.39 is 17.9 Å². The van der Waals surface area contributed by atoms with Gasteiger partial charge in [0.2, 0.25) is 11.8 Å². The number of ether oxygens (including phenoxy) is 2. The molecule has 4 rings (SSSR count). The predicted molar refractivity (Wildman–Crippen MR) is 180 cm³/mol. The number of esters is 1. The molecule has 0 fully saturated rings. The van der Waals surface area contributed by atoms with Crippen LogP contribution in [-0.4, -0.2) is 53.2 Å². The van der Waals surface area contributed by atoms with Gasteiger partial charge in [0, 0.05) is 31.4 Å². The molecule has 0 spiro atoms. The Balaban J connectivity index is 1.35. The first-order chi connectivity index (χ1) is 23.4. The highest BCUT2D eigenvalue weighted by Crippen LogP contribution is 2.23. The van der Waals surface area contributed by atoms with Crippen molar-refractivity contribution in [2.45, 2.75) is 64.0 Å². The molecule has 3 aromatic carbocycles. The van der Waals surface area contributed by atoms with Crippen molar-refractivity contribution in [2.24, 2.45) is 5.10 Å². The molecular weight excluding hydrogens is 612 g/mol. The summed E-state index contributed by atoms with van der Waals surface area (Å²) in [5, 5.41) is 12.7. The van der Waals surface area contributed by atoms with Gasteiger partial charge < -0.3 is 14.4 Å². The van der Waals surface area contributed by atoms with E-state index in [-0.39, 0.29) is 31.3 Å². The summed E-state index contributed by atoms with van der Waals surface area (Å²) in [6, 6.07) is 23.8. The van der Waals surface area contributed by atoms with E-state index in [1.54, 1.807) is 34.6 Å². The highest BCUT2D eigenvalue weighted by Gasteiger charge is 2.24. The van der Waals surface area contributed by atoms with E-state index in [0.29, 0.717) is 50.1 Å². The minimum absolute atomic E-state index is 0.0400. The number of hydrazone groups is 1. The maximum Gasteiger partial charge on any atom is 0.306 e. The Bertz CT molecular complexity index is 1570. The highest BCUT2D eigenvalue weighted by atomic mass is 16.5. The van der Waals surface area contributed by atoms with Crippen molar-refractivity contribution in [3.8, 4) is 5.75 Å². The van der Waals surface area contributed by atoms with E-state index in [0.717, 1.165) is 29.5 Å². The van der Waals surface area contributed by atoms with Gasteiger partial charge in [-0.05, 0) is 73.1 Å². The molecule has 1 aliphatic heterocycles. The Kier molecular flexibility index (Phi) is 14.4. The average molecular weight is 655 g/mol. The third kappa shape index (κ3) is 12.1. The van der Waals surface area contributed by atoms with Crippen molar-refractivity contribution in [2.75, 3.05) is 13.2 Å². The zero-order valence-corrected chi connectivity index (χ0v) is 26.9. The standard InChI is InChI=1S/C37H42N4O7/c42-34(40-46)19-7-4-10-22-47-32-18-12-17-31(24-32)37(45)39-38-25-28-13-11-14-29(23-28)26-41-27-33(30-15-5-3-6-16-30)48-36(44)21-9-2-1-8-20-35(41)43/h1-3,5-6,11-18,23-25,33,46H,4,7-10,19-22,26-27H2,(H,39,45)(H,40,42)/b2-1+,38-25+/t33-/m1/s1. The van der Waals surface area contributed by atoms with Crippen LogP contribution >= 0.6 is 0 Å². The number of unbranched alkanes of at least 4 members (excludes halogenated alkanes) is 2.